The van der Waals surface area contributed by atoms with Gasteiger partial charge >= 0.3 is 6.18 Å². The van der Waals surface area contributed by atoms with Gasteiger partial charge in [0.2, 0.25) is 5.91 Å². The van der Waals surface area contributed by atoms with Crippen LogP contribution in [0.25, 0.3) is 17.2 Å². The number of oxazole rings is 1. The fourth-order valence-electron chi connectivity index (χ4n) is 2.74. The normalized spacial score (nSPS) is 12.1. The molecule has 0 aliphatic heterocycles. The van der Waals surface area contributed by atoms with Crippen molar-refractivity contribution in [1.82, 2.24) is 9.88 Å². The fourth-order valence-corrected chi connectivity index (χ4v) is 2.74. The number of hydrogen-bond donors (Lipinski definition) is 1. The topological polar surface area (TPSA) is 61.6 Å². The highest BCUT2D eigenvalue weighted by Crippen LogP contribution is 2.29. The van der Waals surface area contributed by atoms with Crippen LogP contribution in [0.1, 0.15) is 11.1 Å². The van der Waals surface area contributed by atoms with Crippen molar-refractivity contribution in [3.8, 4) is 0 Å². The van der Waals surface area contributed by atoms with E-state index in [0.29, 0.717) is 28.4 Å². The van der Waals surface area contributed by atoms with Crippen LogP contribution in [0.3, 0.4) is 0 Å². The van der Waals surface area contributed by atoms with Gasteiger partial charge in [-0.2, -0.15) is 18.2 Å². The molecule has 3 aromatic rings. The van der Waals surface area contributed by atoms with Crippen molar-refractivity contribution >= 4 is 34.8 Å². The van der Waals surface area contributed by atoms with Crippen molar-refractivity contribution < 1.29 is 22.4 Å². The van der Waals surface area contributed by atoms with Gasteiger partial charge in [0.05, 0.1) is 5.56 Å². The van der Waals surface area contributed by atoms with Crippen LogP contribution < -0.4 is 10.2 Å². The van der Waals surface area contributed by atoms with E-state index in [9.17, 15) is 18.0 Å². The van der Waals surface area contributed by atoms with E-state index in [1.165, 1.54) is 24.3 Å². The van der Waals surface area contributed by atoms with E-state index in [-0.39, 0.29) is 0 Å². The van der Waals surface area contributed by atoms with Crippen LogP contribution in [0.2, 0.25) is 0 Å². The molecule has 0 unspecified atom stereocenters. The molecule has 6 nitrogen and oxygen atoms in total. The van der Waals surface area contributed by atoms with E-state index < -0.39 is 17.6 Å². The van der Waals surface area contributed by atoms with E-state index in [0.717, 1.165) is 25.2 Å². The molecular weight excluding hydrogens is 409 g/mol. The summed E-state index contributed by atoms with van der Waals surface area (Å²) in [4.78, 5) is 20.6. The monoisotopic (exact) mass is 432 g/mol. The molecule has 1 heterocycles. The molecule has 9 heteroatoms. The lowest BCUT2D eigenvalue weighted by Crippen LogP contribution is -2.28. The summed E-state index contributed by atoms with van der Waals surface area (Å²) in [5.74, 6) is -0.411. The molecule has 0 atom stereocenters. The number of amides is 1. The quantitative estimate of drug-likeness (QED) is 0.557. The Hall–Kier alpha value is -3.33. The summed E-state index contributed by atoms with van der Waals surface area (Å²) in [6.07, 6.45) is -1.68. The SMILES string of the molecule is CN(C)CCN(C)c1nc2cc(NC(=O)/C=C/c3ccc(C(F)(F)F)cc3)ccc2o1. The third-order valence-corrected chi connectivity index (χ3v) is 4.52. The van der Waals surface area contributed by atoms with Crippen LogP contribution in [0.4, 0.5) is 24.9 Å². The number of nitrogens with one attached hydrogen (secondary N) is 1. The first-order valence-electron chi connectivity index (χ1n) is 9.54. The Labute approximate surface area is 178 Å². The molecule has 164 valence electrons. The van der Waals surface area contributed by atoms with Crippen molar-refractivity contribution in [3.63, 3.8) is 0 Å². The Kier molecular flexibility index (Phi) is 6.65. The molecule has 31 heavy (non-hydrogen) atoms. The first-order chi connectivity index (χ1) is 14.6. The zero-order valence-electron chi connectivity index (χ0n) is 17.4. The second kappa shape index (κ2) is 9.22. The largest absolute Gasteiger partial charge is 0.423 e. The van der Waals surface area contributed by atoms with Crippen LogP contribution in [-0.2, 0) is 11.0 Å². The molecule has 1 aromatic heterocycles. The Morgan fingerprint density at radius 2 is 1.81 bits per heavy atom. The lowest BCUT2D eigenvalue weighted by atomic mass is 10.1. The number of carbonyl (C=O) groups is 1. The Balaban J connectivity index is 1.64. The van der Waals surface area contributed by atoms with E-state index in [4.69, 9.17) is 4.42 Å². The number of likely N-dealkylation sites (N-methyl/N-ethyl adjacent to an activating group) is 2. The number of rotatable bonds is 7. The highest BCUT2D eigenvalue weighted by molar-refractivity contribution is 6.02. The van der Waals surface area contributed by atoms with Gasteiger partial charge in [0.1, 0.15) is 5.52 Å². The molecule has 1 amide bonds. The first kappa shape index (κ1) is 22.4. The van der Waals surface area contributed by atoms with Crippen molar-refractivity contribution in [2.24, 2.45) is 0 Å². The van der Waals surface area contributed by atoms with Crippen molar-refractivity contribution in [2.75, 3.05) is 44.4 Å². The number of fused-ring (bicyclic) bond motifs is 1. The maximum Gasteiger partial charge on any atom is 0.416 e. The van der Waals surface area contributed by atoms with Crippen LogP contribution in [0.5, 0.6) is 0 Å². The Bertz CT molecular complexity index is 1070. The minimum absolute atomic E-state index is 0.411. The number of hydrogen-bond acceptors (Lipinski definition) is 5. The molecule has 2 aromatic carbocycles. The van der Waals surface area contributed by atoms with E-state index >= 15 is 0 Å². The Morgan fingerprint density at radius 1 is 1.10 bits per heavy atom. The Morgan fingerprint density at radius 3 is 2.45 bits per heavy atom. The number of halogens is 3. The standard InChI is InChI=1S/C22H23F3N4O2/c1-28(2)12-13-29(3)21-27-18-14-17(9-10-19(18)31-21)26-20(30)11-6-15-4-7-16(8-5-15)22(23,24)25/h4-11,14H,12-13H2,1-3H3,(H,26,30)/b11-6+. The highest BCUT2D eigenvalue weighted by atomic mass is 19.4. The van der Waals surface area contributed by atoms with E-state index in [2.05, 4.69) is 15.2 Å². The average Bonchev–Trinajstić information content (AvgIpc) is 3.13. The molecule has 0 aliphatic carbocycles. The first-order valence-corrected chi connectivity index (χ1v) is 9.54. The maximum absolute atomic E-state index is 12.6. The number of nitrogens with zero attached hydrogens (tertiary/aromatic N) is 3. The maximum atomic E-state index is 12.6. The minimum atomic E-state index is -4.39. The van der Waals surface area contributed by atoms with Crippen molar-refractivity contribution in [2.45, 2.75) is 6.18 Å². The van der Waals surface area contributed by atoms with Gasteiger partial charge in [-0.1, -0.05) is 12.1 Å². The summed E-state index contributed by atoms with van der Waals surface area (Å²) < 4.78 is 43.6. The number of anilines is 2. The third kappa shape index (κ3) is 6.08. The molecule has 0 saturated carbocycles. The van der Waals surface area contributed by atoms with Crippen LogP contribution >= 0.6 is 0 Å². The van der Waals surface area contributed by atoms with Gasteiger partial charge in [-0.25, -0.2) is 0 Å². The fraction of sp³-hybridized carbons (Fsp3) is 0.273. The van der Waals surface area contributed by atoms with Gasteiger partial charge < -0.3 is 19.5 Å². The van der Waals surface area contributed by atoms with Gasteiger partial charge in [0.25, 0.3) is 6.01 Å². The lowest BCUT2D eigenvalue weighted by molar-refractivity contribution is -0.137. The number of aromatic nitrogens is 1. The summed E-state index contributed by atoms with van der Waals surface area (Å²) in [5, 5.41) is 2.71. The van der Waals surface area contributed by atoms with Gasteiger partial charge in [0.15, 0.2) is 5.58 Å². The van der Waals surface area contributed by atoms with Crippen LogP contribution in [-0.4, -0.2) is 50.0 Å². The summed E-state index contributed by atoms with van der Waals surface area (Å²) in [5.41, 5.74) is 1.49. The lowest BCUT2D eigenvalue weighted by Gasteiger charge is -2.17. The molecular formula is C22H23F3N4O2. The number of carbonyl (C=O) groups excluding carboxylic acids is 1. The summed E-state index contributed by atoms with van der Waals surface area (Å²) >= 11 is 0. The average molecular weight is 432 g/mol. The molecule has 0 spiro atoms. The molecule has 0 saturated heterocycles. The summed E-state index contributed by atoms with van der Waals surface area (Å²) in [6, 6.07) is 10.2. The highest BCUT2D eigenvalue weighted by Gasteiger charge is 2.29. The summed E-state index contributed by atoms with van der Waals surface area (Å²) in [6.45, 7) is 1.60. The second-order valence-corrected chi connectivity index (χ2v) is 7.35. The molecule has 0 aliphatic rings. The number of benzene rings is 2. The summed E-state index contributed by atoms with van der Waals surface area (Å²) in [7, 11) is 5.87. The van der Waals surface area contributed by atoms with Gasteiger partial charge in [-0.3, -0.25) is 4.79 Å². The predicted molar refractivity (Wildman–Crippen MR) is 115 cm³/mol. The van der Waals surface area contributed by atoms with E-state index in [1.54, 1.807) is 18.2 Å². The zero-order chi connectivity index (χ0) is 22.6. The molecule has 0 radical (unpaired) electrons. The molecule has 0 fully saturated rings. The van der Waals surface area contributed by atoms with Crippen LogP contribution in [0, 0.1) is 0 Å². The smallest absolute Gasteiger partial charge is 0.416 e. The second-order valence-electron chi connectivity index (χ2n) is 7.35. The van der Waals surface area contributed by atoms with Gasteiger partial charge in [0, 0.05) is 31.9 Å². The third-order valence-electron chi connectivity index (χ3n) is 4.52. The predicted octanol–water partition coefficient (Wildman–Crippen LogP) is 4.50. The van der Waals surface area contributed by atoms with E-state index in [1.807, 2.05) is 26.0 Å². The van der Waals surface area contributed by atoms with Crippen molar-refractivity contribution in [3.05, 3.63) is 59.7 Å². The van der Waals surface area contributed by atoms with Crippen LogP contribution in [0.15, 0.2) is 53.0 Å². The zero-order valence-corrected chi connectivity index (χ0v) is 17.4. The number of alkyl halides is 3. The van der Waals surface area contributed by atoms with Gasteiger partial charge in [-0.15, -0.1) is 0 Å². The van der Waals surface area contributed by atoms with Crippen molar-refractivity contribution in [1.29, 1.82) is 0 Å². The molecule has 0 bridgehead atoms. The molecule has 1 N–H and O–H groups in total. The van der Waals surface area contributed by atoms with Gasteiger partial charge in [-0.05, 0) is 56.1 Å². The minimum Gasteiger partial charge on any atom is -0.423 e. The molecule has 3 rings (SSSR count).